The molecule has 0 radical (unpaired) electrons. The molecular formula is C23H32N4OS. The molecule has 0 bridgehead atoms. The number of anilines is 1. The molecule has 156 valence electrons. The number of rotatable bonds is 5. The Labute approximate surface area is 177 Å². The Morgan fingerprint density at radius 2 is 1.90 bits per heavy atom. The Kier molecular flexibility index (Phi) is 5.23. The van der Waals surface area contributed by atoms with E-state index in [1.807, 2.05) is 11.3 Å². The van der Waals surface area contributed by atoms with Crippen LogP contribution >= 0.6 is 11.3 Å². The molecule has 5 nitrogen and oxygen atoms in total. The number of nitrogens with one attached hydrogen (secondary N) is 1. The van der Waals surface area contributed by atoms with E-state index in [0.29, 0.717) is 30.2 Å². The van der Waals surface area contributed by atoms with Crippen molar-refractivity contribution in [3.63, 3.8) is 0 Å². The zero-order valence-corrected chi connectivity index (χ0v) is 18.5. The molecule has 2 fully saturated rings. The van der Waals surface area contributed by atoms with E-state index >= 15 is 0 Å². The summed E-state index contributed by atoms with van der Waals surface area (Å²) in [5, 5.41) is 5.10. The highest BCUT2D eigenvalue weighted by molar-refractivity contribution is 7.19. The lowest BCUT2D eigenvalue weighted by Gasteiger charge is -2.33. The van der Waals surface area contributed by atoms with Crippen LogP contribution in [-0.4, -0.2) is 39.9 Å². The van der Waals surface area contributed by atoms with Crippen molar-refractivity contribution in [2.24, 2.45) is 5.92 Å². The largest absolute Gasteiger partial charge is 0.367 e. The molecule has 29 heavy (non-hydrogen) atoms. The minimum absolute atomic E-state index is 0.311. The standard InChI is InChI=1S/C23H32N4OS/c1-14(2)13-19(28)27-11-9-16(10-12-27)24-22-20-17-5-3-4-6-18(17)29-23(20)26-21(25-22)15-7-8-15/h14-16H,3-13H2,1-2H3,(H,24,25,26). The van der Waals surface area contributed by atoms with Gasteiger partial charge in [-0.2, -0.15) is 0 Å². The molecule has 3 aliphatic rings. The quantitative estimate of drug-likeness (QED) is 0.759. The lowest BCUT2D eigenvalue weighted by Crippen LogP contribution is -2.42. The Morgan fingerprint density at radius 1 is 1.14 bits per heavy atom. The van der Waals surface area contributed by atoms with E-state index in [-0.39, 0.29) is 0 Å². The Morgan fingerprint density at radius 3 is 2.62 bits per heavy atom. The highest BCUT2D eigenvalue weighted by Gasteiger charge is 2.30. The van der Waals surface area contributed by atoms with Crippen LogP contribution in [0.2, 0.25) is 0 Å². The van der Waals surface area contributed by atoms with E-state index < -0.39 is 0 Å². The van der Waals surface area contributed by atoms with Crippen LogP contribution in [0.4, 0.5) is 5.82 Å². The molecule has 5 rings (SSSR count). The summed E-state index contributed by atoms with van der Waals surface area (Å²) in [6.45, 7) is 5.94. The summed E-state index contributed by atoms with van der Waals surface area (Å²) in [5.74, 6) is 3.42. The molecule has 1 N–H and O–H groups in total. The summed E-state index contributed by atoms with van der Waals surface area (Å²) in [5.41, 5.74) is 1.51. The maximum atomic E-state index is 12.4. The highest BCUT2D eigenvalue weighted by atomic mass is 32.1. The molecule has 1 amide bonds. The molecule has 0 aromatic carbocycles. The third kappa shape index (κ3) is 4.00. The highest BCUT2D eigenvalue weighted by Crippen LogP contribution is 2.43. The number of fused-ring (bicyclic) bond motifs is 3. The average molecular weight is 413 g/mol. The number of thiophene rings is 1. The Hall–Kier alpha value is -1.69. The first kappa shape index (κ1) is 19.3. The molecule has 6 heteroatoms. The molecule has 1 aliphatic heterocycles. The number of carbonyl (C=O) groups is 1. The smallest absolute Gasteiger partial charge is 0.222 e. The second kappa shape index (κ2) is 7.86. The monoisotopic (exact) mass is 412 g/mol. The fourth-order valence-electron chi connectivity index (χ4n) is 4.75. The van der Waals surface area contributed by atoms with Crippen LogP contribution in [0.25, 0.3) is 10.2 Å². The Bertz CT molecular complexity index is 909. The topological polar surface area (TPSA) is 58.1 Å². The molecule has 3 heterocycles. The summed E-state index contributed by atoms with van der Waals surface area (Å²) in [6, 6.07) is 0.391. The summed E-state index contributed by atoms with van der Waals surface area (Å²) < 4.78 is 0. The molecular weight excluding hydrogens is 380 g/mol. The first-order valence-electron chi connectivity index (χ1n) is 11.4. The zero-order valence-electron chi connectivity index (χ0n) is 17.7. The van der Waals surface area contributed by atoms with Gasteiger partial charge in [-0.15, -0.1) is 11.3 Å². The number of aromatic nitrogens is 2. The minimum atomic E-state index is 0.311. The van der Waals surface area contributed by atoms with Crippen molar-refractivity contribution in [2.45, 2.75) is 83.6 Å². The van der Waals surface area contributed by atoms with Gasteiger partial charge in [0.1, 0.15) is 16.5 Å². The molecule has 1 saturated carbocycles. The van der Waals surface area contributed by atoms with Crippen LogP contribution in [0.1, 0.15) is 81.0 Å². The second-order valence-electron chi connectivity index (χ2n) is 9.49. The van der Waals surface area contributed by atoms with Crippen molar-refractivity contribution >= 4 is 33.3 Å². The first-order valence-corrected chi connectivity index (χ1v) is 12.3. The van der Waals surface area contributed by atoms with Crippen LogP contribution in [0.5, 0.6) is 0 Å². The normalized spacial score (nSPS) is 20.3. The maximum Gasteiger partial charge on any atom is 0.222 e. The van der Waals surface area contributed by atoms with Gasteiger partial charge in [-0.05, 0) is 62.8 Å². The van der Waals surface area contributed by atoms with E-state index in [9.17, 15) is 4.79 Å². The molecule has 0 spiro atoms. The number of likely N-dealkylation sites (tertiary alicyclic amines) is 1. The van der Waals surface area contributed by atoms with Crippen LogP contribution < -0.4 is 5.32 Å². The number of amides is 1. The van der Waals surface area contributed by atoms with Gasteiger partial charge in [0.15, 0.2) is 0 Å². The molecule has 0 unspecified atom stereocenters. The second-order valence-corrected chi connectivity index (χ2v) is 10.6. The lowest BCUT2D eigenvalue weighted by molar-refractivity contribution is -0.132. The summed E-state index contributed by atoms with van der Waals surface area (Å²) in [6.07, 6.45) is 10.1. The van der Waals surface area contributed by atoms with Gasteiger partial charge in [-0.3, -0.25) is 4.79 Å². The summed E-state index contributed by atoms with van der Waals surface area (Å²) in [4.78, 5) is 27.2. The van der Waals surface area contributed by atoms with Gasteiger partial charge in [-0.1, -0.05) is 13.8 Å². The minimum Gasteiger partial charge on any atom is -0.367 e. The number of nitrogens with zero attached hydrogens (tertiary/aromatic N) is 3. The average Bonchev–Trinajstić information content (AvgIpc) is 3.48. The first-order chi connectivity index (χ1) is 14.1. The fraction of sp³-hybridized carbons (Fsp3) is 0.696. The van der Waals surface area contributed by atoms with Crippen LogP contribution in [0.3, 0.4) is 0 Å². The maximum absolute atomic E-state index is 12.4. The van der Waals surface area contributed by atoms with Gasteiger partial charge in [0.05, 0.1) is 5.39 Å². The van der Waals surface area contributed by atoms with Crippen molar-refractivity contribution in [1.29, 1.82) is 0 Å². The number of carbonyl (C=O) groups excluding carboxylic acids is 1. The molecule has 2 aromatic heterocycles. The third-order valence-corrected chi connectivity index (χ3v) is 7.73. The van der Waals surface area contributed by atoms with E-state index in [0.717, 1.165) is 44.0 Å². The van der Waals surface area contributed by atoms with Crippen molar-refractivity contribution in [3.05, 3.63) is 16.3 Å². The number of piperidine rings is 1. The SMILES string of the molecule is CC(C)CC(=O)N1CCC(Nc2nc(C3CC3)nc3sc4c(c23)CCCC4)CC1. The van der Waals surface area contributed by atoms with Gasteiger partial charge in [0, 0.05) is 36.3 Å². The zero-order chi connectivity index (χ0) is 20.0. The van der Waals surface area contributed by atoms with Gasteiger partial charge >= 0.3 is 0 Å². The van der Waals surface area contributed by atoms with E-state index in [4.69, 9.17) is 9.97 Å². The number of aryl methyl sites for hydroxylation is 2. The Balaban J connectivity index is 1.36. The van der Waals surface area contributed by atoms with Crippen molar-refractivity contribution in [3.8, 4) is 0 Å². The third-order valence-electron chi connectivity index (χ3n) is 6.55. The van der Waals surface area contributed by atoms with Crippen molar-refractivity contribution < 1.29 is 4.79 Å². The van der Waals surface area contributed by atoms with Crippen LogP contribution in [0.15, 0.2) is 0 Å². The number of hydrogen-bond acceptors (Lipinski definition) is 5. The predicted octanol–water partition coefficient (Wildman–Crippen LogP) is 4.90. The predicted molar refractivity (Wildman–Crippen MR) is 119 cm³/mol. The molecule has 1 saturated heterocycles. The van der Waals surface area contributed by atoms with Gasteiger partial charge in [-0.25, -0.2) is 9.97 Å². The van der Waals surface area contributed by atoms with Gasteiger partial charge in [0.25, 0.3) is 0 Å². The fourth-order valence-corrected chi connectivity index (χ4v) is 6.02. The molecule has 2 aliphatic carbocycles. The molecule has 0 atom stereocenters. The number of hydrogen-bond donors (Lipinski definition) is 1. The van der Waals surface area contributed by atoms with Crippen LogP contribution in [-0.2, 0) is 17.6 Å². The molecule has 2 aromatic rings. The van der Waals surface area contributed by atoms with Crippen molar-refractivity contribution in [1.82, 2.24) is 14.9 Å². The van der Waals surface area contributed by atoms with E-state index in [2.05, 4.69) is 24.1 Å². The summed E-state index contributed by atoms with van der Waals surface area (Å²) in [7, 11) is 0. The van der Waals surface area contributed by atoms with E-state index in [1.54, 1.807) is 0 Å². The van der Waals surface area contributed by atoms with E-state index in [1.165, 1.54) is 52.8 Å². The van der Waals surface area contributed by atoms with Gasteiger partial charge < -0.3 is 10.2 Å². The summed E-state index contributed by atoms with van der Waals surface area (Å²) >= 11 is 1.90. The van der Waals surface area contributed by atoms with Crippen molar-refractivity contribution in [2.75, 3.05) is 18.4 Å². The lowest BCUT2D eigenvalue weighted by atomic mass is 9.96. The van der Waals surface area contributed by atoms with Gasteiger partial charge in [0.2, 0.25) is 5.91 Å². The van der Waals surface area contributed by atoms with Crippen LogP contribution in [0, 0.1) is 5.92 Å².